The zero-order valence-electron chi connectivity index (χ0n) is 20.2. The van der Waals surface area contributed by atoms with Gasteiger partial charge in [0, 0.05) is 11.8 Å². The molecule has 0 heterocycles. The molecule has 0 bridgehead atoms. The van der Waals surface area contributed by atoms with Crippen LogP contribution in [0.3, 0.4) is 0 Å². The number of rotatable bonds is 8. The summed E-state index contributed by atoms with van der Waals surface area (Å²) in [6.07, 6.45) is 1.56. The first kappa shape index (κ1) is 25.0. The van der Waals surface area contributed by atoms with E-state index in [1.165, 1.54) is 28.6 Å². The quantitative estimate of drug-likeness (QED) is 0.278. The molecular formula is C29H26FNO4S. The number of ether oxygens (including phenoxy) is 2. The monoisotopic (exact) mass is 503 g/mol. The minimum absolute atomic E-state index is 0.123. The first-order chi connectivity index (χ1) is 17.3. The van der Waals surface area contributed by atoms with Gasteiger partial charge in [-0.3, -0.25) is 0 Å². The molecule has 0 saturated heterocycles. The van der Waals surface area contributed by atoms with Crippen LogP contribution in [0.4, 0.5) is 10.1 Å². The maximum atomic E-state index is 13.9. The Labute approximate surface area is 211 Å². The fourth-order valence-corrected chi connectivity index (χ4v) is 5.02. The summed E-state index contributed by atoms with van der Waals surface area (Å²) in [5.74, 6) is 0.895. The SMILES string of the molecule is COc1ccc(C(=CN(c2ccc(F)cc2)S(=O)(=O)c2ccc(C)cc2)c2ccc(OC)cc2)cc1. The van der Waals surface area contributed by atoms with Gasteiger partial charge in [-0.25, -0.2) is 17.1 Å². The summed E-state index contributed by atoms with van der Waals surface area (Å²) < 4.78 is 53.3. The lowest BCUT2D eigenvalue weighted by Crippen LogP contribution is -2.26. The lowest BCUT2D eigenvalue weighted by molar-refractivity contribution is 0.414. The topological polar surface area (TPSA) is 55.8 Å². The largest absolute Gasteiger partial charge is 0.497 e. The third-order valence-corrected chi connectivity index (χ3v) is 7.41. The maximum absolute atomic E-state index is 13.9. The predicted molar refractivity (Wildman–Crippen MR) is 140 cm³/mol. The number of hydrogen-bond acceptors (Lipinski definition) is 4. The van der Waals surface area contributed by atoms with Crippen molar-refractivity contribution in [1.29, 1.82) is 0 Å². The Morgan fingerprint density at radius 2 is 1.19 bits per heavy atom. The van der Waals surface area contributed by atoms with Gasteiger partial charge in [0.2, 0.25) is 0 Å². The molecule has 0 radical (unpaired) electrons. The molecule has 7 heteroatoms. The summed E-state index contributed by atoms with van der Waals surface area (Å²) in [7, 11) is -0.869. The van der Waals surface area contributed by atoms with Crippen LogP contribution in [0.25, 0.3) is 5.57 Å². The highest BCUT2D eigenvalue weighted by Crippen LogP contribution is 2.32. The van der Waals surface area contributed by atoms with Gasteiger partial charge in [0.15, 0.2) is 0 Å². The number of sulfonamides is 1. The normalized spacial score (nSPS) is 11.0. The highest BCUT2D eigenvalue weighted by atomic mass is 32.2. The van der Waals surface area contributed by atoms with Crippen LogP contribution >= 0.6 is 0 Å². The van der Waals surface area contributed by atoms with Crippen molar-refractivity contribution >= 4 is 21.3 Å². The molecule has 36 heavy (non-hydrogen) atoms. The molecule has 0 aliphatic rings. The Kier molecular flexibility index (Phi) is 7.41. The van der Waals surface area contributed by atoms with Crippen molar-refractivity contribution in [3.05, 3.63) is 126 Å². The number of methoxy groups -OCH3 is 2. The van der Waals surface area contributed by atoms with Gasteiger partial charge in [0.05, 0.1) is 24.8 Å². The van der Waals surface area contributed by atoms with E-state index < -0.39 is 15.8 Å². The molecule has 0 aromatic heterocycles. The Balaban J connectivity index is 1.94. The van der Waals surface area contributed by atoms with Crippen molar-refractivity contribution in [2.75, 3.05) is 18.5 Å². The zero-order chi connectivity index (χ0) is 25.7. The van der Waals surface area contributed by atoms with Crippen LogP contribution in [-0.2, 0) is 10.0 Å². The van der Waals surface area contributed by atoms with E-state index in [2.05, 4.69) is 0 Å². The molecule has 0 N–H and O–H groups in total. The van der Waals surface area contributed by atoms with Gasteiger partial charge in [-0.1, -0.05) is 42.0 Å². The second-order valence-electron chi connectivity index (χ2n) is 8.09. The summed E-state index contributed by atoms with van der Waals surface area (Å²) in [5, 5.41) is 0. The fourth-order valence-electron chi connectivity index (χ4n) is 3.67. The van der Waals surface area contributed by atoms with E-state index in [-0.39, 0.29) is 4.90 Å². The molecule has 5 nitrogen and oxygen atoms in total. The van der Waals surface area contributed by atoms with Crippen molar-refractivity contribution in [2.24, 2.45) is 0 Å². The molecule has 0 unspecified atom stereocenters. The van der Waals surface area contributed by atoms with E-state index in [0.29, 0.717) is 22.8 Å². The standard InChI is InChI=1S/C29H26FNO4S/c1-21-4-18-28(19-5-21)36(32,33)31(25-12-10-24(30)11-13-25)20-29(22-6-14-26(34-2)15-7-22)23-8-16-27(35-3)17-9-23/h4-20H,1-3H3. The molecule has 0 fully saturated rings. The summed E-state index contributed by atoms with van der Waals surface area (Å²) >= 11 is 0. The number of halogens is 1. The summed E-state index contributed by atoms with van der Waals surface area (Å²) in [6, 6.07) is 26.6. The highest BCUT2D eigenvalue weighted by molar-refractivity contribution is 7.93. The van der Waals surface area contributed by atoms with Gasteiger partial charge in [0.1, 0.15) is 17.3 Å². The van der Waals surface area contributed by atoms with E-state index in [1.807, 2.05) is 55.5 Å². The van der Waals surface area contributed by atoms with Crippen LogP contribution in [0, 0.1) is 12.7 Å². The molecule has 4 aromatic rings. The lowest BCUT2D eigenvalue weighted by atomic mass is 9.98. The molecule has 0 aliphatic heterocycles. The van der Waals surface area contributed by atoms with Gasteiger partial charge in [0.25, 0.3) is 10.0 Å². The van der Waals surface area contributed by atoms with Crippen LogP contribution in [-0.4, -0.2) is 22.6 Å². The van der Waals surface area contributed by atoms with Crippen LogP contribution < -0.4 is 13.8 Å². The summed E-state index contributed by atoms with van der Waals surface area (Å²) in [6.45, 7) is 1.89. The van der Waals surface area contributed by atoms with Gasteiger partial charge in [-0.2, -0.15) is 0 Å². The Morgan fingerprint density at radius 1 is 0.722 bits per heavy atom. The van der Waals surface area contributed by atoms with Crippen LogP contribution in [0.1, 0.15) is 16.7 Å². The number of nitrogens with zero attached hydrogens (tertiary/aromatic N) is 1. The summed E-state index contributed by atoms with van der Waals surface area (Å²) in [4.78, 5) is 0.123. The van der Waals surface area contributed by atoms with E-state index in [1.54, 1.807) is 44.7 Å². The first-order valence-electron chi connectivity index (χ1n) is 11.2. The second-order valence-corrected chi connectivity index (χ2v) is 9.91. The number of hydrogen-bond donors (Lipinski definition) is 0. The molecule has 0 saturated carbocycles. The molecule has 0 spiro atoms. The van der Waals surface area contributed by atoms with Crippen molar-refractivity contribution < 1.29 is 22.3 Å². The van der Waals surface area contributed by atoms with E-state index >= 15 is 0 Å². The zero-order valence-corrected chi connectivity index (χ0v) is 21.0. The number of benzene rings is 4. The van der Waals surface area contributed by atoms with E-state index in [9.17, 15) is 12.8 Å². The van der Waals surface area contributed by atoms with Crippen molar-refractivity contribution in [3.8, 4) is 11.5 Å². The lowest BCUT2D eigenvalue weighted by Gasteiger charge is -2.23. The third kappa shape index (κ3) is 5.42. The van der Waals surface area contributed by atoms with Crippen molar-refractivity contribution in [3.63, 3.8) is 0 Å². The number of aryl methyl sites for hydroxylation is 1. The molecule has 184 valence electrons. The number of anilines is 1. The average Bonchev–Trinajstić information content (AvgIpc) is 2.90. The Bertz CT molecular complexity index is 1400. The minimum Gasteiger partial charge on any atom is -0.497 e. The summed E-state index contributed by atoms with van der Waals surface area (Å²) in [5.41, 5.74) is 3.42. The molecular weight excluding hydrogens is 477 g/mol. The van der Waals surface area contributed by atoms with Crippen molar-refractivity contribution in [1.82, 2.24) is 0 Å². The average molecular weight is 504 g/mol. The van der Waals surface area contributed by atoms with Gasteiger partial charge in [-0.15, -0.1) is 0 Å². The predicted octanol–water partition coefficient (Wildman–Crippen LogP) is 6.44. The Morgan fingerprint density at radius 3 is 1.64 bits per heavy atom. The molecule has 4 aromatic carbocycles. The second kappa shape index (κ2) is 10.7. The third-order valence-electron chi connectivity index (χ3n) is 5.71. The van der Waals surface area contributed by atoms with Crippen molar-refractivity contribution in [2.45, 2.75) is 11.8 Å². The molecule has 0 amide bonds. The van der Waals surface area contributed by atoms with E-state index in [0.717, 1.165) is 16.7 Å². The smallest absolute Gasteiger partial charge is 0.268 e. The fraction of sp³-hybridized carbons (Fsp3) is 0.103. The first-order valence-corrected chi connectivity index (χ1v) is 12.6. The van der Waals surface area contributed by atoms with Gasteiger partial charge >= 0.3 is 0 Å². The molecule has 0 atom stereocenters. The molecule has 4 rings (SSSR count). The molecule has 0 aliphatic carbocycles. The highest BCUT2D eigenvalue weighted by Gasteiger charge is 2.25. The van der Waals surface area contributed by atoms with Gasteiger partial charge in [-0.05, 0) is 78.7 Å². The minimum atomic E-state index is -4.04. The van der Waals surface area contributed by atoms with E-state index in [4.69, 9.17) is 9.47 Å². The maximum Gasteiger partial charge on any atom is 0.268 e. The van der Waals surface area contributed by atoms with Crippen LogP contribution in [0.2, 0.25) is 0 Å². The Hall–Kier alpha value is -4.10. The van der Waals surface area contributed by atoms with Crippen LogP contribution in [0.5, 0.6) is 11.5 Å². The van der Waals surface area contributed by atoms with Gasteiger partial charge < -0.3 is 9.47 Å². The van der Waals surface area contributed by atoms with Crippen LogP contribution in [0.15, 0.2) is 108 Å².